The Morgan fingerprint density at radius 1 is 1.47 bits per heavy atom. The van der Waals surface area contributed by atoms with E-state index in [9.17, 15) is 4.79 Å². The molecule has 0 saturated carbocycles. The second-order valence-electron chi connectivity index (χ2n) is 3.33. The highest BCUT2D eigenvalue weighted by Gasteiger charge is 2.31. The van der Waals surface area contributed by atoms with Gasteiger partial charge in [0.1, 0.15) is 6.04 Å². The molecule has 0 aromatic carbocycles. The van der Waals surface area contributed by atoms with Gasteiger partial charge in [-0.2, -0.15) is 0 Å². The van der Waals surface area contributed by atoms with Gasteiger partial charge in [-0.3, -0.25) is 4.79 Å². The lowest BCUT2D eigenvalue weighted by Crippen LogP contribution is -2.26. The SMILES string of the molecule is CCOCCOC1C[N]C(C(=O)OC)C1. The maximum atomic E-state index is 11.1. The van der Waals surface area contributed by atoms with Crippen molar-refractivity contribution in [2.45, 2.75) is 25.5 Å². The van der Waals surface area contributed by atoms with Gasteiger partial charge in [-0.05, 0) is 6.92 Å². The van der Waals surface area contributed by atoms with Crippen molar-refractivity contribution in [1.29, 1.82) is 0 Å². The molecular formula is C10H18NO4. The average Bonchev–Trinajstić information content (AvgIpc) is 2.72. The molecule has 2 unspecified atom stereocenters. The molecule has 1 fully saturated rings. The minimum absolute atomic E-state index is 0.0366. The molecular weight excluding hydrogens is 198 g/mol. The number of hydrogen-bond acceptors (Lipinski definition) is 4. The van der Waals surface area contributed by atoms with Crippen LogP contribution in [0.1, 0.15) is 13.3 Å². The van der Waals surface area contributed by atoms with Crippen LogP contribution in [0, 0.1) is 0 Å². The third kappa shape index (κ3) is 4.15. The van der Waals surface area contributed by atoms with Crippen LogP contribution in [-0.4, -0.2) is 51.6 Å². The van der Waals surface area contributed by atoms with Gasteiger partial charge in [0.05, 0.1) is 26.4 Å². The van der Waals surface area contributed by atoms with Gasteiger partial charge in [-0.25, -0.2) is 5.32 Å². The Balaban J connectivity index is 2.11. The van der Waals surface area contributed by atoms with Crippen LogP contribution in [-0.2, 0) is 19.0 Å². The van der Waals surface area contributed by atoms with Crippen molar-refractivity contribution in [3.63, 3.8) is 0 Å². The summed E-state index contributed by atoms with van der Waals surface area (Å²) in [6.07, 6.45) is 0.660. The number of methoxy groups -OCH3 is 1. The Bertz CT molecular complexity index is 198. The van der Waals surface area contributed by atoms with Crippen LogP contribution in [0.25, 0.3) is 0 Å². The number of rotatable bonds is 6. The molecule has 1 rings (SSSR count). The lowest BCUT2D eigenvalue weighted by atomic mass is 10.2. The molecule has 0 aromatic rings. The maximum Gasteiger partial charge on any atom is 0.324 e. The summed E-state index contributed by atoms with van der Waals surface area (Å²) >= 11 is 0. The zero-order chi connectivity index (χ0) is 11.1. The summed E-state index contributed by atoms with van der Waals surface area (Å²) in [5, 5.41) is 4.15. The van der Waals surface area contributed by atoms with Crippen LogP contribution >= 0.6 is 0 Å². The Hall–Kier alpha value is -0.650. The molecule has 5 nitrogen and oxygen atoms in total. The monoisotopic (exact) mass is 216 g/mol. The third-order valence-electron chi connectivity index (χ3n) is 2.27. The minimum Gasteiger partial charge on any atom is -0.468 e. The van der Waals surface area contributed by atoms with Crippen LogP contribution in [0.2, 0.25) is 0 Å². The Morgan fingerprint density at radius 3 is 2.93 bits per heavy atom. The van der Waals surface area contributed by atoms with Gasteiger partial charge >= 0.3 is 5.97 Å². The molecule has 1 aliphatic heterocycles. The van der Waals surface area contributed by atoms with E-state index in [-0.39, 0.29) is 18.1 Å². The normalized spacial score (nSPS) is 25.5. The number of nitrogens with zero attached hydrogens (tertiary/aromatic N) is 1. The zero-order valence-corrected chi connectivity index (χ0v) is 9.27. The molecule has 2 atom stereocenters. The standard InChI is InChI=1S/C10H18NO4/c1-3-14-4-5-15-8-6-9(11-7-8)10(12)13-2/h8-9H,3-7H2,1-2H3. The Kier molecular flexibility index (Phi) is 5.60. The van der Waals surface area contributed by atoms with Gasteiger partial charge in [0.15, 0.2) is 0 Å². The third-order valence-corrected chi connectivity index (χ3v) is 2.27. The fourth-order valence-electron chi connectivity index (χ4n) is 1.49. The van der Waals surface area contributed by atoms with Crippen molar-refractivity contribution in [2.24, 2.45) is 0 Å². The summed E-state index contributed by atoms with van der Waals surface area (Å²) in [4.78, 5) is 11.1. The Labute approximate surface area is 90.1 Å². The molecule has 5 heteroatoms. The summed E-state index contributed by atoms with van der Waals surface area (Å²) in [7, 11) is 1.38. The van der Waals surface area contributed by atoms with E-state index in [0.717, 1.165) is 0 Å². The highest BCUT2D eigenvalue weighted by molar-refractivity contribution is 5.76. The van der Waals surface area contributed by atoms with Crippen LogP contribution in [0.15, 0.2) is 0 Å². The quantitative estimate of drug-likeness (QED) is 0.461. The van der Waals surface area contributed by atoms with Crippen LogP contribution in [0.3, 0.4) is 0 Å². The van der Waals surface area contributed by atoms with E-state index in [1.165, 1.54) is 7.11 Å². The second kappa shape index (κ2) is 6.76. The number of ether oxygens (including phenoxy) is 3. The topological polar surface area (TPSA) is 58.9 Å². The molecule has 0 N–H and O–H groups in total. The first-order valence-electron chi connectivity index (χ1n) is 5.21. The largest absolute Gasteiger partial charge is 0.468 e. The van der Waals surface area contributed by atoms with Gasteiger partial charge in [-0.1, -0.05) is 0 Å². The number of carbonyl (C=O) groups is 1. The van der Waals surface area contributed by atoms with Gasteiger partial charge < -0.3 is 14.2 Å². The predicted molar refractivity (Wildman–Crippen MR) is 53.7 cm³/mol. The van der Waals surface area contributed by atoms with Crippen molar-refractivity contribution in [2.75, 3.05) is 33.5 Å². The molecule has 1 saturated heterocycles. The number of esters is 1. The lowest BCUT2D eigenvalue weighted by molar-refractivity contribution is -0.143. The highest BCUT2D eigenvalue weighted by atomic mass is 16.5. The van der Waals surface area contributed by atoms with E-state index in [0.29, 0.717) is 32.8 Å². The molecule has 1 aliphatic rings. The van der Waals surface area contributed by atoms with Gasteiger partial charge in [-0.15, -0.1) is 0 Å². The summed E-state index contributed by atoms with van der Waals surface area (Å²) in [5.41, 5.74) is 0. The van der Waals surface area contributed by atoms with Crippen molar-refractivity contribution in [3.05, 3.63) is 0 Å². The molecule has 87 valence electrons. The van der Waals surface area contributed by atoms with Crippen LogP contribution in [0.4, 0.5) is 0 Å². The molecule has 0 spiro atoms. The van der Waals surface area contributed by atoms with Crippen molar-refractivity contribution in [1.82, 2.24) is 5.32 Å². The highest BCUT2D eigenvalue weighted by Crippen LogP contribution is 2.12. The van der Waals surface area contributed by atoms with E-state index in [2.05, 4.69) is 10.1 Å². The maximum absolute atomic E-state index is 11.1. The summed E-state index contributed by atoms with van der Waals surface area (Å²) < 4.78 is 15.3. The molecule has 1 heterocycles. The molecule has 0 aliphatic carbocycles. The first-order valence-corrected chi connectivity index (χ1v) is 5.21. The second-order valence-corrected chi connectivity index (χ2v) is 3.33. The van der Waals surface area contributed by atoms with Gasteiger partial charge in [0, 0.05) is 19.6 Å². The van der Waals surface area contributed by atoms with Crippen LogP contribution in [0.5, 0.6) is 0 Å². The van der Waals surface area contributed by atoms with Crippen molar-refractivity contribution in [3.8, 4) is 0 Å². The summed E-state index contributed by atoms with van der Waals surface area (Å²) in [6, 6.07) is -0.341. The van der Waals surface area contributed by atoms with Gasteiger partial charge in [0.25, 0.3) is 0 Å². The van der Waals surface area contributed by atoms with Crippen molar-refractivity contribution < 1.29 is 19.0 Å². The van der Waals surface area contributed by atoms with E-state index in [1.54, 1.807) is 0 Å². The first kappa shape index (κ1) is 12.4. The number of hydrogen-bond donors (Lipinski definition) is 0. The lowest BCUT2D eigenvalue weighted by Gasteiger charge is -2.10. The summed E-state index contributed by atoms with van der Waals surface area (Å²) in [6.45, 7) is 4.37. The fourth-order valence-corrected chi connectivity index (χ4v) is 1.49. The molecule has 1 radical (unpaired) electrons. The van der Waals surface area contributed by atoms with E-state index in [1.807, 2.05) is 6.92 Å². The average molecular weight is 216 g/mol. The first-order chi connectivity index (χ1) is 7.27. The fraction of sp³-hybridized carbons (Fsp3) is 0.900. The zero-order valence-electron chi connectivity index (χ0n) is 9.27. The molecule has 0 amide bonds. The van der Waals surface area contributed by atoms with E-state index in [4.69, 9.17) is 9.47 Å². The molecule has 15 heavy (non-hydrogen) atoms. The Morgan fingerprint density at radius 2 is 2.27 bits per heavy atom. The predicted octanol–water partition coefficient (Wildman–Crippen LogP) is -0.0422. The smallest absolute Gasteiger partial charge is 0.324 e. The van der Waals surface area contributed by atoms with E-state index < -0.39 is 0 Å². The molecule has 0 aromatic heterocycles. The number of carbonyl (C=O) groups excluding carboxylic acids is 1. The van der Waals surface area contributed by atoms with Crippen LogP contribution < -0.4 is 5.32 Å². The van der Waals surface area contributed by atoms with E-state index >= 15 is 0 Å². The summed E-state index contributed by atoms with van der Waals surface area (Å²) in [5.74, 6) is -0.272. The molecule has 0 bridgehead atoms. The van der Waals surface area contributed by atoms with Gasteiger partial charge in [0.2, 0.25) is 0 Å². The van der Waals surface area contributed by atoms with Crippen molar-refractivity contribution >= 4 is 5.97 Å². The minimum atomic E-state index is -0.341.